The van der Waals surface area contributed by atoms with Crippen LogP contribution in [0, 0.1) is 0 Å². The second kappa shape index (κ2) is 5.67. The Morgan fingerprint density at radius 2 is 2.00 bits per heavy atom. The van der Waals surface area contributed by atoms with Crippen LogP contribution < -0.4 is 4.90 Å². The van der Waals surface area contributed by atoms with Crippen molar-refractivity contribution in [2.75, 3.05) is 11.9 Å². The van der Waals surface area contributed by atoms with E-state index in [9.17, 15) is 4.79 Å². The first-order valence-electron chi connectivity index (χ1n) is 6.20. The lowest BCUT2D eigenvalue weighted by Crippen LogP contribution is -2.33. The molecular weight excluding hydrogens is 278 g/mol. The molecule has 1 aliphatic rings. The summed E-state index contributed by atoms with van der Waals surface area (Å²) in [5, 5.41) is 0. The van der Waals surface area contributed by atoms with Crippen LogP contribution in [0.15, 0.2) is 22.7 Å². The summed E-state index contributed by atoms with van der Waals surface area (Å²) in [6, 6.07) is 6.44. The van der Waals surface area contributed by atoms with E-state index in [1.165, 1.54) is 37.8 Å². The van der Waals surface area contributed by atoms with Gasteiger partial charge in [-0.15, -0.1) is 0 Å². The van der Waals surface area contributed by atoms with E-state index >= 15 is 0 Å². The fourth-order valence-electron chi connectivity index (χ4n) is 2.55. The third-order valence-corrected chi connectivity index (χ3v) is 4.25. The van der Waals surface area contributed by atoms with Gasteiger partial charge in [0.1, 0.15) is 6.29 Å². The van der Waals surface area contributed by atoms with Crippen molar-refractivity contribution < 1.29 is 4.79 Å². The number of benzene rings is 1. The van der Waals surface area contributed by atoms with Crippen molar-refractivity contribution in [1.29, 1.82) is 0 Å². The Bertz CT molecular complexity index is 399. The fraction of sp³-hybridized carbons (Fsp3) is 0.500. The first-order valence-corrected chi connectivity index (χ1v) is 6.99. The summed E-state index contributed by atoms with van der Waals surface area (Å²) in [6.45, 7) is 0. The standard InChI is InChI=1S/C14H18BrNO/c1-16(12-5-3-2-4-6-12)14-8-7-11(10-17)9-13(14)15/h7-10,12H,2-6H2,1H3. The topological polar surface area (TPSA) is 20.3 Å². The molecule has 1 aromatic rings. The van der Waals surface area contributed by atoms with Crippen molar-refractivity contribution in [3.63, 3.8) is 0 Å². The summed E-state index contributed by atoms with van der Waals surface area (Å²) in [4.78, 5) is 13.1. The largest absolute Gasteiger partial charge is 0.371 e. The predicted octanol–water partition coefficient (Wildman–Crippen LogP) is 4.03. The average Bonchev–Trinajstić information content (AvgIpc) is 2.39. The number of nitrogens with zero attached hydrogens (tertiary/aromatic N) is 1. The lowest BCUT2D eigenvalue weighted by Gasteiger charge is -2.33. The molecule has 1 aromatic carbocycles. The molecule has 0 aromatic heterocycles. The van der Waals surface area contributed by atoms with Crippen molar-refractivity contribution in [3.8, 4) is 0 Å². The molecule has 2 rings (SSSR count). The number of carbonyl (C=O) groups excluding carboxylic acids is 1. The fourth-order valence-corrected chi connectivity index (χ4v) is 3.22. The highest BCUT2D eigenvalue weighted by Gasteiger charge is 2.19. The Kier molecular flexibility index (Phi) is 4.21. The molecule has 1 saturated carbocycles. The summed E-state index contributed by atoms with van der Waals surface area (Å²) in [7, 11) is 2.15. The molecule has 0 heterocycles. The van der Waals surface area contributed by atoms with Crippen LogP contribution in [0.4, 0.5) is 5.69 Å². The van der Waals surface area contributed by atoms with Crippen LogP contribution in [-0.2, 0) is 0 Å². The van der Waals surface area contributed by atoms with Crippen molar-refractivity contribution >= 4 is 27.9 Å². The van der Waals surface area contributed by atoms with Gasteiger partial charge >= 0.3 is 0 Å². The van der Waals surface area contributed by atoms with Gasteiger partial charge in [-0.1, -0.05) is 19.3 Å². The van der Waals surface area contributed by atoms with Crippen molar-refractivity contribution in [2.24, 2.45) is 0 Å². The maximum Gasteiger partial charge on any atom is 0.150 e. The highest BCUT2D eigenvalue weighted by molar-refractivity contribution is 9.10. The first kappa shape index (κ1) is 12.6. The minimum Gasteiger partial charge on any atom is -0.371 e. The molecular formula is C14H18BrNO. The van der Waals surface area contributed by atoms with E-state index in [-0.39, 0.29) is 0 Å². The second-order valence-electron chi connectivity index (χ2n) is 4.73. The van der Waals surface area contributed by atoms with Crippen LogP contribution in [0.3, 0.4) is 0 Å². The predicted molar refractivity (Wildman–Crippen MR) is 74.8 cm³/mol. The third-order valence-electron chi connectivity index (χ3n) is 3.61. The Balaban J connectivity index is 2.17. The SMILES string of the molecule is CN(c1ccc(C=O)cc1Br)C1CCCCC1. The van der Waals surface area contributed by atoms with Crippen LogP contribution in [-0.4, -0.2) is 19.4 Å². The Morgan fingerprint density at radius 3 is 2.59 bits per heavy atom. The van der Waals surface area contributed by atoms with Gasteiger partial charge in [0.2, 0.25) is 0 Å². The average molecular weight is 296 g/mol. The van der Waals surface area contributed by atoms with E-state index in [0.717, 1.165) is 16.3 Å². The highest BCUT2D eigenvalue weighted by Crippen LogP contribution is 2.31. The molecule has 0 atom stereocenters. The molecule has 0 N–H and O–H groups in total. The van der Waals surface area contributed by atoms with Crippen LogP contribution >= 0.6 is 15.9 Å². The summed E-state index contributed by atoms with van der Waals surface area (Å²) < 4.78 is 1.01. The molecule has 0 unspecified atom stereocenters. The van der Waals surface area contributed by atoms with Gasteiger partial charge in [-0.05, 0) is 47.0 Å². The van der Waals surface area contributed by atoms with Crippen LogP contribution in [0.5, 0.6) is 0 Å². The van der Waals surface area contributed by atoms with E-state index in [4.69, 9.17) is 0 Å². The van der Waals surface area contributed by atoms with Gasteiger partial charge in [0, 0.05) is 23.1 Å². The molecule has 17 heavy (non-hydrogen) atoms. The molecule has 0 spiro atoms. The zero-order valence-electron chi connectivity index (χ0n) is 10.2. The molecule has 1 fully saturated rings. The summed E-state index contributed by atoms with van der Waals surface area (Å²) >= 11 is 3.55. The molecule has 3 heteroatoms. The van der Waals surface area contributed by atoms with E-state index < -0.39 is 0 Å². The Hall–Kier alpha value is -0.830. The zero-order valence-corrected chi connectivity index (χ0v) is 11.7. The lowest BCUT2D eigenvalue weighted by atomic mass is 9.94. The first-order chi connectivity index (χ1) is 8.22. The van der Waals surface area contributed by atoms with Gasteiger partial charge in [0.05, 0.1) is 5.69 Å². The van der Waals surface area contributed by atoms with E-state index in [1.807, 2.05) is 18.2 Å². The number of hydrogen-bond donors (Lipinski definition) is 0. The van der Waals surface area contributed by atoms with Crippen LogP contribution in [0.1, 0.15) is 42.5 Å². The number of rotatable bonds is 3. The van der Waals surface area contributed by atoms with Crippen LogP contribution in [0.25, 0.3) is 0 Å². The molecule has 0 aliphatic heterocycles. The smallest absolute Gasteiger partial charge is 0.150 e. The minimum atomic E-state index is 0.641. The maximum atomic E-state index is 10.7. The maximum absolute atomic E-state index is 10.7. The van der Waals surface area contributed by atoms with E-state index in [1.54, 1.807) is 0 Å². The highest BCUT2D eigenvalue weighted by atomic mass is 79.9. The zero-order chi connectivity index (χ0) is 12.3. The minimum absolute atomic E-state index is 0.641. The van der Waals surface area contributed by atoms with Crippen molar-refractivity contribution in [2.45, 2.75) is 38.1 Å². The number of halogens is 1. The quantitative estimate of drug-likeness (QED) is 0.785. The lowest BCUT2D eigenvalue weighted by molar-refractivity contribution is 0.112. The Morgan fingerprint density at radius 1 is 1.29 bits per heavy atom. The molecule has 0 radical (unpaired) electrons. The summed E-state index contributed by atoms with van der Waals surface area (Å²) in [5.41, 5.74) is 1.90. The second-order valence-corrected chi connectivity index (χ2v) is 5.59. The third kappa shape index (κ3) is 2.89. The van der Waals surface area contributed by atoms with Gasteiger partial charge < -0.3 is 4.90 Å². The van der Waals surface area contributed by atoms with Gasteiger partial charge in [0.25, 0.3) is 0 Å². The molecule has 1 aliphatic carbocycles. The van der Waals surface area contributed by atoms with Crippen LogP contribution in [0.2, 0.25) is 0 Å². The number of aldehydes is 1. The molecule has 2 nitrogen and oxygen atoms in total. The Labute approximate surface area is 111 Å². The molecule has 0 amide bonds. The molecule has 92 valence electrons. The molecule has 0 bridgehead atoms. The molecule has 0 saturated heterocycles. The summed E-state index contributed by atoms with van der Waals surface area (Å²) in [6.07, 6.45) is 7.47. The van der Waals surface area contributed by atoms with Crippen molar-refractivity contribution in [3.05, 3.63) is 28.2 Å². The van der Waals surface area contributed by atoms with Gasteiger partial charge in [0.15, 0.2) is 0 Å². The van der Waals surface area contributed by atoms with Crippen molar-refractivity contribution in [1.82, 2.24) is 0 Å². The summed E-state index contributed by atoms with van der Waals surface area (Å²) in [5.74, 6) is 0. The monoisotopic (exact) mass is 295 g/mol. The number of anilines is 1. The van der Waals surface area contributed by atoms with E-state index in [0.29, 0.717) is 6.04 Å². The van der Waals surface area contributed by atoms with Gasteiger partial charge in [-0.3, -0.25) is 4.79 Å². The van der Waals surface area contributed by atoms with E-state index in [2.05, 4.69) is 27.9 Å². The number of hydrogen-bond acceptors (Lipinski definition) is 2. The normalized spacial score (nSPS) is 16.8. The number of carbonyl (C=O) groups is 1. The van der Waals surface area contributed by atoms with Gasteiger partial charge in [-0.2, -0.15) is 0 Å². The van der Waals surface area contributed by atoms with Gasteiger partial charge in [-0.25, -0.2) is 0 Å².